The van der Waals surface area contributed by atoms with Crippen molar-refractivity contribution in [3.63, 3.8) is 0 Å². The van der Waals surface area contributed by atoms with Crippen molar-refractivity contribution in [2.45, 2.75) is 25.7 Å². The Morgan fingerprint density at radius 1 is 1.29 bits per heavy atom. The van der Waals surface area contributed by atoms with Crippen molar-refractivity contribution in [1.29, 1.82) is 0 Å². The number of hydrazine groups is 1. The minimum absolute atomic E-state index is 0.0213. The van der Waals surface area contributed by atoms with E-state index in [9.17, 15) is 4.79 Å². The van der Waals surface area contributed by atoms with Crippen molar-refractivity contribution in [2.24, 2.45) is 5.84 Å². The molecule has 5 nitrogen and oxygen atoms in total. The Hall–Kier alpha value is -1.62. The van der Waals surface area contributed by atoms with Crippen LogP contribution < -0.4 is 11.3 Å². The van der Waals surface area contributed by atoms with Crippen LogP contribution in [-0.2, 0) is 0 Å². The second-order valence-corrected chi connectivity index (χ2v) is 4.25. The van der Waals surface area contributed by atoms with E-state index >= 15 is 0 Å². The summed E-state index contributed by atoms with van der Waals surface area (Å²) >= 11 is 0. The Morgan fingerprint density at radius 3 is 2.65 bits per heavy atom. The van der Waals surface area contributed by atoms with Gasteiger partial charge in [-0.1, -0.05) is 12.8 Å². The van der Waals surface area contributed by atoms with Gasteiger partial charge in [0.1, 0.15) is 0 Å². The van der Waals surface area contributed by atoms with Crippen LogP contribution in [0.5, 0.6) is 0 Å². The zero-order valence-electron chi connectivity index (χ0n) is 9.85. The van der Waals surface area contributed by atoms with Gasteiger partial charge in [-0.05, 0) is 25.0 Å². The van der Waals surface area contributed by atoms with E-state index in [1.54, 1.807) is 18.3 Å². The van der Waals surface area contributed by atoms with Gasteiger partial charge in [0.05, 0.1) is 5.56 Å². The van der Waals surface area contributed by atoms with Crippen molar-refractivity contribution >= 4 is 11.7 Å². The lowest BCUT2D eigenvalue weighted by molar-refractivity contribution is 0.0762. The molecule has 1 aromatic heterocycles. The van der Waals surface area contributed by atoms with Crippen molar-refractivity contribution in [3.05, 3.63) is 23.9 Å². The molecule has 3 N–H and O–H groups in total. The zero-order chi connectivity index (χ0) is 12.1. The van der Waals surface area contributed by atoms with Gasteiger partial charge in [-0.25, -0.2) is 10.8 Å². The average molecular weight is 234 g/mol. The summed E-state index contributed by atoms with van der Waals surface area (Å²) in [7, 11) is 0. The van der Waals surface area contributed by atoms with E-state index < -0.39 is 0 Å². The van der Waals surface area contributed by atoms with Crippen LogP contribution in [0.3, 0.4) is 0 Å². The first-order chi connectivity index (χ1) is 8.33. The number of nitrogens with one attached hydrogen (secondary N) is 1. The summed E-state index contributed by atoms with van der Waals surface area (Å²) in [5.41, 5.74) is 3.03. The van der Waals surface area contributed by atoms with E-state index in [-0.39, 0.29) is 5.91 Å². The number of anilines is 1. The first-order valence-electron chi connectivity index (χ1n) is 6.04. The molecule has 0 radical (unpaired) electrons. The van der Waals surface area contributed by atoms with Crippen molar-refractivity contribution in [1.82, 2.24) is 9.88 Å². The summed E-state index contributed by atoms with van der Waals surface area (Å²) in [6.45, 7) is 1.66. The quantitative estimate of drug-likeness (QED) is 0.599. The lowest BCUT2D eigenvalue weighted by atomic mass is 10.2. The smallest absolute Gasteiger partial charge is 0.257 e. The number of pyridine rings is 1. The van der Waals surface area contributed by atoms with Gasteiger partial charge in [0, 0.05) is 19.3 Å². The molecule has 1 aliphatic rings. The SMILES string of the molecule is NNc1ncccc1C(=O)N1CCCCCC1. The second-order valence-electron chi connectivity index (χ2n) is 4.25. The number of aromatic nitrogens is 1. The van der Waals surface area contributed by atoms with Crippen molar-refractivity contribution in [2.75, 3.05) is 18.5 Å². The standard InChI is InChI=1S/C12H18N4O/c13-15-11-10(6-5-7-14-11)12(17)16-8-3-1-2-4-9-16/h5-7H,1-4,8-9,13H2,(H,14,15). The van der Waals surface area contributed by atoms with Crippen LogP contribution in [0.2, 0.25) is 0 Å². The molecule has 0 aromatic carbocycles. The number of rotatable bonds is 2. The number of amides is 1. The van der Waals surface area contributed by atoms with Gasteiger partial charge in [0.2, 0.25) is 0 Å². The molecular weight excluding hydrogens is 216 g/mol. The largest absolute Gasteiger partial charge is 0.339 e. The van der Waals surface area contributed by atoms with Crippen LogP contribution in [0, 0.1) is 0 Å². The third-order valence-electron chi connectivity index (χ3n) is 3.07. The first kappa shape index (κ1) is 11.9. The lowest BCUT2D eigenvalue weighted by Gasteiger charge is -2.21. The minimum Gasteiger partial charge on any atom is -0.339 e. The van der Waals surface area contributed by atoms with Gasteiger partial charge < -0.3 is 10.3 Å². The van der Waals surface area contributed by atoms with Gasteiger partial charge in [-0.3, -0.25) is 4.79 Å². The molecule has 0 atom stereocenters. The van der Waals surface area contributed by atoms with Crippen molar-refractivity contribution in [3.8, 4) is 0 Å². The number of carbonyl (C=O) groups is 1. The summed E-state index contributed by atoms with van der Waals surface area (Å²) in [5.74, 6) is 5.83. The first-order valence-corrected chi connectivity index (χ1v) is 6.04. The van der Waals surface area contributed by atoms with E-state index in [2.05, 4.69) is 10.4 Å². The topological polar surface area (TPSA) is 71.2 Å². The molecule has 0 saturated carbocycles. The molecule has 1 aliphatic heterocycles. The minimum atomic E-state index is 0.0213. The maximum absolute atomic E-state index is 12.3. The normalized spacial score (nSPS) is 16.4. The van der Waals surface area contributed by atoms with E-state index in [1.165, 1.54) is 12.8 Å². The number of hydrogen-bond donors (Lipinski definition) is 2. The molecule has 0 spiro atoms. The van der Waals surface area contributed by atoms with Crippen LogP contribution in [0.4, 0.5) is 5.82 Å². The van der Waals surface area contributed by atoms with Crippen LogP contribution in [0.25, 0.3) is 0 Å². The highest BCUT2D eigenvalue weighted by molar-refractivity contribution is 5.98. The third kappa shape index (κ3) is 2.74. The highest BCUT2D eigenvalue weighted by Gasteiger charge is 2.19. The van der Waals surface area contributed by atoms with Gasteiger partial charge in [0.15, 0.2) is 5.82 Å². The molecule has 2 rings (SSSR count). The van der Waals surface area contributed by atoms with Crippen LogP contribution in [0.15, 0.2) is 18.3 Å². The van der Waals surface area contributed by atoms with Gasteiger partial charge in [-0.2, -0.15) is 0 Å². The fraction of sp³-hybridized carbons (Fsp3) is 0.500. The summed E-state index contributed by atoms with van der Waals surface area (Å²) in [5, 5.41) is 0. The molecule has 0 aliphatic carbocycles. The Kier molecular flexibility index (Phi) is 3.93. The monoisotopic (exact) mass is 234 g/mol. The van der Waals surface area contributed by atoms with Gasteiger partial charge >= 0.3 is 0 Å². The summed E-state index contributed by atoms with van der Waals surface area (Å²) < 4.78 is 0. The van der Waals surface area contributed by atoms with E-state index in [0.29, 0.717) is 11.4 Å². The highest BCUT2D eigenvalue weighted by atomic mass is 16.2. The summed E-state index contributed by atoms with van der Waals surface area (Å²) in [6, 6.07) is 3.52. The number of hydrogen-bond acceptors (Lipinski definition) is 4. The predicted octanol–water partition coefficient (Wildman–Crippen LogP) is 1.38. The molecule has 0 unspecified atom stereocenters. The number of carbonyl (C=O) groups excluding carboxylic acids is 1. The molecule has 2 heterocycles. The molecular formula is C12H18N4O. The Labute approximate surface area is 101 Å². The Balaban J connectivity index is 2.17. The Morgan fingerprint density at radius 2 is 2.00 bits per heavy atom. The number of likely N-dealkylation sites (tertiary alicyclic amines) is 1. The fourth-order valence-corrected chi connectivity index (χ4v) is 2.14. The second kappa shape index (κ2) is 5.63. The highest BCUT2D eigenvalue weighted by Crippen LogP contribution is 2.16. The van der Waals surface area contributed by atoms with E-state index in [1.807, 2.05) is 4.90 Å². The molecule has 1 amide bonds. The van der Waals surface area contributed by atoms with Crippen LogP contribution >= 0.6 is 0 Å². The van der Waals surface area contributed by atoms with Gasteiger partial charge in [-0.15, -0.1) is 0 Å². The molecule has 0 bridgehead atoms. The van der Waals surface area contributed by atoms with Crippen molar-refractivity contribution < 1.29 is 4.79 Å². The molecule has 1 fully saturated rings. The maximum atomic E-state index is 12.3. The molecule has 92 valence electrons. The zero-order valence-corrected chi connectivity index (χ0v) is 9.85. The van der Waals surface area contributed by atoms with Crippen LogP contribution in [-0.4, -0.2) is 28.9 Å². The molecule has 17 heavy (non-hydrogen) atoms. The predicted molar refractivity (Wildman–Crippen MR) is 66.4 cm³/mol. The average Bonchev–Trinajstić information content (AvgIpc) is 2.66. The van der Waals surface area contributed by atoms with E-state index in [0.717, 1.165) is 25.9 Å². The van der Waals surface area contributed by atoms with E-state index in [4.69, 9.17) is 5.84 Å². The summed E-state index contributed by atoms with van der Waals surface area (Å²) in [4.78, 5) is 18.3. The third-order valence-corrected chi connectivity index (χ3v) is 3.07. The maximum Gasteiger partial charge on any atom is 0.257 e. The number of nitrogens with two attached hydrogens (primary N) is 1. The summed E-state index contributed by atoms with van der Waals surface area (Å²) in [6.07, 6.45) is 6.20. The fourth-order valence-electron chi connectivity index (χ4n) is 2.14. The Bertz CT molecular complexity index is 386. The lowest BCUT2D eigenvalue weighted by Crippen LogP contribution is -2.32. The number of nitrogens with zero attached hydrogens (tertiary/aromatic N) is 2. The number of nitrogen functional groups attached to an aromatic ring is 1. The molecule has 1 aromatic rings. The molecule has 1 saturated heterocycles. The molecule has 5 heteroatoms. The van der Waals surface area contributed by atoms with Crippen LogP contribution in [0.1, 0.15) is 36.0 Å². The van der Waals surface area contributed by atoms with Gasteiger partial charge in [0.25, 0.3) is 5.91 Å².